The van der Waals surface area contributed by atoms with Gasteiger partial charge in [-0.15, -0.1) is 0 Å². The van der Waals surface area contributed by atoms with E-state index in [4.69, 9.17) is 4.74 Å². The molecule has 1 aliphatic rings. The van der Waals surface area contributed by atoms with E-state index in [0.717, 1.165) is 17.7 Å². The van der Waals surface area contributed by atoms with E-state index in [1.807, 2.05) is 24.3 Å². The molecule has 6 heteroatoms. The van der Waals surface area contributed by atoms with E-state index in [-0.39, 0.29) is 23.5 Å². The average molecular weight is 486 g/mol. The molecule has 2 aromatic rings. The van der Waals surface area contributed by atoms with Gasteiger partial charge in [-0.2, -0.15) is 0 Å². The molecule has 1 amide bonds. The van der Waals surface area contributed by atoms with Crippen molar-refractivity contribution in [2.45, 2.75) is 77.8 Å². The van der Waals surface area contributed by atoms with Crippen molar-refractivity contribution in [1.29, 1.82) is 0 Å². The van der Waals surface area contributed by atoms with E-state index in [0.29, 0.717) is 31.1 Å². The largest absolute Gasteiger partial charge is 0.494 e. The molecule has 0 bridgehead atoms. The first kappa shape index (κ1) is 26.3. The third kappa shape index (κ3) is 7.59. The summed E-state index contributed by atoms with van der Waals surface area (Å²) >= 11 is 0. The van der Waals surface area contributed by atoms with Gasteiger partial charge in [0, 0.05) is 18.2 Å². The Balaban J connectivity index is 1.68. The molecule has 5 nitrogen and oxygen atoms in total. The number of nitrogens with zero attached hydrogens (tertiary/aromatic N) is 1. The highest BCUT2D eigenvalue weighted by molar-refractivity contribution is 7.91. The van der Waals surface area contributed by atoms with Gasteiger partial charge in [-0.3, -0.25) is 4.79 Å². The standard InChI is InChI=1S/C28H39NO4S/c1-4-5-6-7-8-18-33-27-15-13-25(14-16-27)28(30)29(26-17-19-34(31,32)21-26)20-23-9-11-24(12-10-23)22(2)3/h9-16,22,26H,4-8,17-21H2,1-3H3/t26-/m1/s1. The average Bonchev–Trinajstić information content (AvgIpc) is 3.19. The predicted molar refractivity (Wildman–Crippen MR) is 138 cm³/mol. The van der Waals surface area contributed by atoms with Crippen LogP contribution in [0.1, 0.15) is 86.7 Å². The molecule has 1 heterocycles. The SMILES string of the molecule is CCCCCCCOc1ccc(C(=O)N(Cc2ccc(C(C)C)cc2)[C@@H]2CCS(=O)(=O)C2)cc1. The van der Waals surface area contributed by atoms with E-state index in [1.165, 1.54) is 31.2 Å². The van der Waals surface area contributed by atoms with Crippen LogP contribution in [-0.2, 0) is 16.4 Å². The minimum Gasteiger partial charge on any atom is -0.494 e. The molecule has 2 aromatic carbocycles. The quantitative estimate of drug-likeness (QED) is 0.347. The van der Waals surface area contributed by atoms with Crippen LogP contribution >= 0.6 is 0 Å². The Hall–Kier alpha value is -2.34. The lowest BCUT2D eigenvalue weighted by atomic mass is 10.0. The maximum Gasteiger partial charge on any atom is 0.254 e. The summed E-state index contributed by atoms with van der Waals surface area (Å²) in [4.78, 5) is 15.2. The van der Waals surface area contributed by atoms with Crippen molar-refractivity contribution >= 4 is 15.7 Å². The molecule has 0 aliphatic carbocycles. The Kier molecular flexibility index (Phi) is 9.57. The van der Waals surface area contributed by atoms with Gasteiger partial charge < -0.3 is 9.64 Å². The van der Waals surface area contributed by atoms with Gasteiger partial charge in [0.15, 0.2) is 9.84 Å². The fourth-order valence-electron chi connectivity index (χ4n) is 4.35. The summed E-state index contributed by atoms with van der Waals surface area (Å²) in [6, 6.07) is 15.2. The first-order valence-corrected chi connectivity index (χ1v) is 14.4. The van der Waals surface area contributed by atoms with Crippen molar-refractivity contribution in [2.75, 3.05) is 18.1 Å². The molecule has 3 rings (SSSR count). The number of carbonyl (C=O) groups is 1. The van der Waals surface area contributed by atoms with E-state index in [9.17, 15) is 13.2 Å². The summed E-state index contributed by atoms with van der Waals surface area (Å²) < 4.78 is 30.1. The second-order valence-electron chi connectivity index (χ2n) is 9.67. The van der Waals surface area contributed by atoms with E-state index < -0.39 is 9.84 Å². The number of ether oxygens (including phenoxy) is 1. The molecule has 1 atom stereocenters. The van der Waals surface area contributed by atoms with Crippen molar-refractivity contribution in [2.24, 2.45) is 0 Å². The smallest absolute Gasteiger partial charge is 0.254 e. The van der Waals surface area contributed by atoms with Crippen molar-refractivity contribution in [3.8, 4) is 5.75 Å². The van der Waals surface area contributed by atoms with Crippen LogP contribution < -0.4 is 4.74 Å². The third-order valence-electron chi connectivity index (χ3n) is 6.53. The maximum atomic E-state index is 13.5. The topological polar surface area (TPSA) is 63.7 Å². The zero-order chi connectivity index (χ0) is 24.6. The maximum absolute atomic E-state index is 13.5. The zero-order valence-electron chi connectivity index (χ0n) is 20.8. The van der Waals surface area contributed by atoms with Crippen molar-refractivity contribution in [3.05, 3.63) is 65.2 Å². The lowest BCUT2D eigenvalue weighted by Gasteiger charge is -2.29. The van der Waals surface area contributed by atoms with Crippen molar-refractivity contribution in [3.63, 3.8) is 0 Å². The monoisotopic (exact) mass is 485 g/mol. The highest BCUT2D eigenvalue weighted by atomic mass is 32.2. The number of hydrogen-bond acceptors (Lipinski definition) is 4. The number of carbonyl (C=O) groups excluding carboxylic acids is 1. The molecule has 0 aromatic heterocycles. The third-order valence-corrected chi connectivity index (χ3v) is 8.28. The minimum absolute atomic E-state index is 0.0298. The van der Waals surface area contributed by atoms with Crippen molar-refractivity contribution < 1.29 is 17.9 Å². The molecular weight excluding hydrogens is 446 g/mol. The van der Waals surface area contributed by atoms with Crippen LogP contribution in [0.3, 0.4) is 0 Å². The lowest BCUT2D eigenvalue weighted by molar-refractivity contribution is 0.0681. The van der Waals surface area contributed by atoms with Crippen LogP contribution in [0.4, 0.5) is 0 Å². The van der Waals surface area contributed by atoms with Crippen LogP contribution in [0.5, 0.6) is 5.75 Å². The number of amides is 1. The van der Waals surface area contributed by atoms with Gasteiger partial charge >= 0.3 is 0 Å². The highest BCUT2D eigenvalue weighted by Crippen LogP contribution is 2.24. The molecule has 0 N–H and O–H groups in total. The zero-order valence-corrected chi connectivity index (χ0v) is 21.6. The molecular formula is C28H39NO4S. The number of sulfone groups is 1. The summed E-state index contributed by atoms with van der Waals surface area (Å²) in [5, 5.41) is 0. The molecule has 0 saturated carbocycles. The predicted octanol–water partition coefficient (Wildman–Crippen LogP) is 5.99. The Bertz CT molecular complexity index is 1010. The van der Waals surface area contributed by atoms with Gasteiger partial charge in [-0.1, -0.05) is 70.7 Å². The Morgan fingerprint density at radius 1 is 1.00 bits per heavy atom. The highest BCUT2D eigenvalue weighted by Gasteiger charge is 2.35. The van der Waals surface area contributed by atoms with Crippen LogP contribution in [0, 0.1) is 0 Å². The van der Waals surface area contributed by atoms with Crippen LogP contribution in [0.15, 0.2) is 48.5 Å². The molecule has 0 radical (unpaired) electrons. The molecule has 34 heavy (non-hydrogen) atoms. The summed E-state index contributed by atoms with van der Waals surface area (Å²) in [6.45, 7) is 7.57. The van der Waals surface area contributed by atoms with E-state index >= 15 is 0 Å². The second kappa shape index (κ2) is 12.4. The normalized spacial score (nSPS) is 17.1. The fraction of sp³-hybridized carbons (Fsp3) is 0.536. The van der Waals surface area contributed by atoms with Crippen LogP contribution in [0.25, 0.3) is 0 Å². The summed E-state index contributed by atoms with van der Waals surface area (Å²) in [7, 11) is -3.11. The summed E-state index contributed by atoms with van der Waals surface area (Å²) in [5.41, 5.74) is 2.80. The fourth-order valence-corrected chi connectivity index (χ4v) is 6.08. The van der Waals surface area contributed by atoms with Gasteiger partial charge in [0.25, 0.3) is 5.91 Å². The van der Waals surface area contributed by atoms with Gasteiger partial charge in [0.1, 0.15) is 5.75 Å². The Morgan fingerprint density at radius 3 is 2.26 bits per heavy atom. The Morgan fingerprint density at radius 2 is 1.68 bits per heavy atom. The number of unbranched alkanes of at least 4 members (excludes halogenated alkanes) is 4. The lowest BCUT2D eigenvalue weighted by Crippen LogP contribution is -2.40. The number of benzene rings is 2. The molecule has 1 saturated heterocycles. The van der Waals surface area contributed by atoms with Gasteiger partial charge in [-0.25, -0.2) is 8.42 Å². The van der Waals surface area contributed by atoms with E-state index in [2.05, 4.69) is 32.9 Å². The van der Waals surface area contributed by atoms with Gasteiger partial charge in [0.2, 0.25) is 0 Å². The number of hydrogen-bond donors (Lipinski definition) is 0. The van der Waals surface area contributed by atoms with Crippen LogP contribution in [0.2, 0.25) is 0 Å². The first-order chi connectivity index (χ1) is 16.3. The summed E-state index contributed by atoms with van der Waals surface area (Å²) in [6.07, 6.45) is 6.40. The van der Waals surface area contributed by atoms with Crippen LogP contribution in [-0.4, -0.2) is 43.4 Å². The molecule has 1 aliphatic heterocycles. The molecule has 186 valence electrons. The molecule has 0 spiro atoms. The molecule has 0 unspecified atom stereocenters. The second-order valence-corrected chi connectivity index (χ2v) is 11.9. The molecule has 1 fully saturated rings. The van der Waals surface area contributed by atoms with E-state index in [1.54, 1.807) is 17.0 Å². The van der Waals surface area contributed by atoms with Gasteiger partial charge in [0.05, 0.1) is 18.1 Å². The van der Waals surface area contributed by atoms with Gasteiger partial charge in [-0.05, 0) is 54.2 Å². The Labute approximate surface area is 205 Å². The minimum atomic E-state index is -3.11. The summed E-state index contributed by atoms with van der Waals surface area (Å²) in [5.74, 6) is 1.22. The van der Waals surface area contributed by atoms with Crippen molar-refractivity contribution in [1.82, 2.24) is 4.90 Å². The number of rotatable bonds is 12. The first-order valence-electron chi connectivity index (χ1n) is 12.6.